The van der Waals surface area contributed by atoms with Gasteiger partial charge < -0.3 is 10.4 Å². The second-order valence-corrected chi connectivity index (χ2v) is 8.95. The average Bonchev–Trinajstić information content (AvgIpc) is 2.59. The van der Waals surface area contributed by atoms with E-state index in [1.165, 1.54) is 0 Å². The molecule has 2 aromatic rings. The summed E-state index contributed by atoms with van der Waals surface area (Å²) in [5.41, 5.74) is 2.35. The van der Waals surface area contributed by atoms with Crippen LogP contribution in [-0.4, -0.2) is 11.0 Å². The number of rotatable bonds is 3. The van der Waals surface area contributed by atoms with Crippen molar-refractivity contribution in [2.75, 3.05) is 5.32 Å². The fraction of sp³-hybridized carbons (Fsp3) is 0.333. The molecule has 0 spiro atoms. The Balaban J connectivity index is 2.53. The molecule has 0 aliphatic carbocycles. The number of nitriles is 1. The lowest BCUT2D eigenvalue weighted by Crippen LogP contribution is -2.18. The van der Waals surface area contributed by atoms with Crippen molar-refractivity contribution in [3.05, 3.63) is 64.7 Å². The topological polar surface area (TPSA) is 73.1 Å². The van der Waals surface area contributed by atoms with E-state index in [0.29, 0.717) is 11.3 Å². The first-order valence-electron chi connectivity index (χ1n) is 9.29. The van der Waals surface area contributed by atoms with Gasteiger partial charge in [0.15, 0.2) is 0 Å². The molecule has 1 amide bonds. The van der Waals surface area contributed by atoms with Crippen molar-refractivity contribution in [1.82, 2.24) is 0 Å². The number of nitrogens with zero attached hydrogens (tertiary/aromatic N) is 1. The van der Waals surface area contributed by atoms with E-state index < -0.39 is 5.91 Å². The highest BCUT2D eigenvalue weighted by Gasteiger charge is 2.26. The molecule has 0 heterocycles. The molecule has 4 nitrogen and oxygen atoms in total. The van der Waals surface area contributed by atoms with Gasteiger partial charge in [-0.05, 0) is 46.7 Å². The lowest BCUT2D eigenvalue weighted by Gasteiger charge is -2.28. The van der Waals surface area contributed by atoms with Crippen LogP contribution in [0, 0.1) is 11.3 Å². The van der Waals surface area contributed by atoms with Crippen LogP contribution in [-0.2, 0) is 15.6 Å². The van der Waals surface area contributed by atoms with Gasteiger partial charge in [-0.2, -0.15) is 5.26 Å². The first-order valence-corrected chi connectivity index (χ1v) is 9.29. The largest absolute Gasteiger partial charge is 0.507 e. The van der Waals surface area contributed by atoms with Crippen molar-refractivity contribution >= 4 is 17.7 Å². The van der Waals surface area contributed by atoms with E-state index in [1.54, 1.807) is 18.2 Å². The molecular formula is C24H28N2O2. The Morgan fingerprint density at radius 3 is 1.93 bits per heavy atom. The van der Waals surface area contributed by atoms with Crippen LogP contribution in [0.4, 0.5) is 5.69 Å². The van der Waals surface area contributed by atoms with Gasteiger partial charge in [-0.25, -0.2) is 0 Å². The summed E-state index contributed by atoms with van der Waals surface area (Å²) in [5, 5.41) is 23.1. The minimum absolute atomic E-state index is 0.00858. The predicted octanol–water partition coefficient (Wildman–Crippen LogP) is 5.53. The molecule has 146 valence electrons. The Bertz CT molecular complexity index is 902. The quantitative estimate of drug-likeness (QED) is 0.546. The number of phenolic OH excluding ortho intramolecular Hbond substituents is 1. The van der Waals surface area contributed by atoms with E-state index in [1.807, 2.05) is 77.9 Å². The molecule has 0 aliphatic heterocycles. The molecule has 0 radical (unpaired) electrons. The number of para-hydroxylation sites is 1. The summed E-state index contributed by atoms with van der Waals surface area (Å²) in [6.45, 7) is 12.1. The highest BCUT2D eigenvalue weighted by atomic mass is 16.3. The summed E-state index contributed by atoms with van der Waals surface area (Å²) in [7, 11) is 0. The molecule has 0 aromatic heterocycles. The standard InChI is InChI=1S/C24H28N2O2/c1-23(2,3)19-13-16(14-20(21(19)27)24(4,5)6)12-17(15-25)22(28)26-18-10-8-7-9-11-18/h7-14,27H,1-6H3,(H,26,28)/b17-12-. The molecule has 0 aliphatic rings. The van der Waals surface area contributed by atoms with E-state index in [-0.39, 0.29) is 22.2 Å². The van der Waals surface area contributed by atoms with Crippen LogP contribution in [0.5, 0.6) is 5.75 Å². The summed E-state index contributed by atoms with van der Waals surface area (Å²) < 4.78 is 0. The van der Waals surface area contributed by atoms with Crippen LogP contribution in [0.3, 0.4) is 0 Å². The van der Waals surface area contributed by atoms with Crippen molar-refractivity contribution in [2.24, 2.45) is 0 Å². The van der Waals surface area contributed by atoms with Crippen LogP contribution in [0.1, 0.15) is 58.2 Å². The van der Waals surface area contributed by atoms with Crippen LogP contribution in [0.15, 0.2) is 48.0 Å². The van der Waals surface area contributed by atoms with Gasteiger partial charge in [-0.3, -0.25) is 4.79 Å². The van der Waals surface area contributed by atoms with Gasteiger partial charge in [0.1, 0.15) is 17.4 Å². The van der Waals surface area contributed by atoms with Crippen molar-refractivity contribution in [1.29, 1.82) is 5.26 Å². The Labute approximate surface area is 167 Å². The van der Waals surface area contributed by atoms with Crippen molar-refractivity contribution in [2.45, 2.75) is 52.4 Å². The fourth-order valence-electron chi connectivity index (χ4n) is 2.92. The summed E-state index contributed by atoms with van der Waals surface area (Å²) in [6, 6.07) is 14.7. The Hall–Kier alpha value is -3.06. The average molecular weight is 377 g/mol. The zero-order valence-corrected chi connectivity index (χ0v) is 17.4. The molecule has 0 fully saturated rings. The van der Waals surface area contributed by atoms with Gasteiger partial charge in [-0.1, -0.05) is 59.7 Å². The summed E-state index contributed by atoms with van der Waals surface area (Å²) in [4.78, 5) is 12.5. The molecule has 2 rings (SSSR count). The van der Waals surface area contributed by atoms with Crippen molar-refractivity contribution in [3.8, 4) is 11.8 Å². The van der Waals surface area contributed by atoms with Crippen LogP contribution in [0.25, 0.3) is 6.08 Å². The van der Waals surface area contributed by atoms with Gasteiger partial charge in [0.05, 0.1) is 0 Å². The van der Waals surface area contributed by atoms with E-state index >= 15 is 0 Å². The van der Waals surface area contributed by atoms with E-state index in [4.69, 9.17) is 0 Å². The summed E-state index contributed by atoms with van der Waals surface area (Å²) in [5.74, 6) is -0.194. The van der Waals surface area contributed by atoms with E-state index in [2.05, 4.69) is 5.32 Å². The molecule has 0 saturated carbocycles. The molecule has 0 saturated heterocycles. The second-order valence-electron chi connectivity index (χ2n) is 8.95. The maximum Gasteiger partial charge on any atom is 0.266 e. The van der Waals surface area contributed by atoms with Gasteiger partial charge in [0, 0.05) is 16.8 Å². The summed E-state index contributed by atoms with van der Waals surface area (Å²) >= 11 is 0. The maximum atomic E-state index is 12.5. The molecule has 2 N–H and O–H groups in total. The van der Waals surface area contributed by atoms with Crippen molar-refractivity contribution < 1.29 is 9.90 Å². The first-order chi connectivity index (χ1) is 12.9. The number of anilines is 1. The van der Waals surface area contributed by atoms with E-state index in [0.717, 1.165) is 11.1 Å². The smallest absolute Gasteiger partial charge is 0.266 e. The third kappa shape index (κ3) is 5.01. The van der Waals surface area contributed by atoms with Gasteiger partial charge >= 0.3 is 0 Å². The number of carbonyl (C=O) groups excluding carboxylic acids is 1. The highest BCUT2D eigenvalue weighted by molar-refractivity contribution is 6.09. The SMILES string of the molecule is CC(C)(C)c1cc(/C=C(/C#N)C(=O)Nc2ccccc2)cc(C(C)(C)C)c1O. The van der Waals surface area contributed by atoms with Gasteiger partial charge in [0.25, 0.3) is 5.91 Å². The van der Waals surface area contributed by atoms with Gasteiger partial charge in [0.2, 0.25) is 0 Å². The van der Waals surface area contributed by atoms with Gasteiger partial charge in [-0.15, -0.1) is 0 Å². The molecule has 28 heavy (non-hydrogen) atoms. The van der Waals surface area contributed by atoms with Crippen molar-refractivity contribution in [3.63, 3.8) is 0 Å². The molecule has 4 heteroatoms. The lowest BCUT2D eigenvalue weighted by molar-refractivity contribution is -0.112. The summed E-state index contributed by atoms with van der Waals surface area (Å²) in [6.07, 6.45) is 1.57. The third-order valence-corrected chi connectivity index (χ3v) is 4.46. The Morgan fingerprint density at radius 2 is 1.50 bits per heavy atom. The molecular weight excluding hydrogens is 348 g/mol. The number of nitrogens with one attached hydrogen (secondary N) is 1. The van der Waals surface area contributed by atoms with Crippen LogP contribution in [0.2, 0.25) is 0 Å². The molecule has 0 atom stereocenters. The number of aromatic hydroxyl groups is 1. The van der Waals surface area contributed by atoms with E-state index in [9.17, 15) is 15.2 Å². The third-order valence-electron chi connectivity index (χ3n) is 4.46. The zero-order valence-electron chi connectivity index (χ0n) is 17.4. The normalized spacial score (nSPS) is 12.4. The maximum absolute atomic E-state index is 12.5. The number of hydrogen-bond acceptors (Lipinski definition) is 3. The fourth-order valence-corrected chi connectivity index (χ4v) is 2.92. The Morgan fingerprint density at radius 1 is 1.00 bits per heavy atom. The second kappa shape index (κ2) is 7.90. The first kappa shape index (κ1) is 21.2. The monoisotopic (exact) mass is 376 g/mol. The Kier molecular flexibility index (Phi) is 5.99. The predicted molar refractivity (Wildman–Crippen MR) is 114 cm³/mol. The molecule has 0 bridgehead atoms. The lowest BCUT2D eigenvalue weighted by atomic mass is 9.78. The number of phenols is 1. The number of amides is 1. The minimum atomic E-state index is -0.462. The number of carbonyl (C=O) groups is 1. The number of benzene rings is 2. The zero-order chi connectivity index (χ0) is 21.1. The minimum Gasteiger partial charge on any atom is -0.507 e. The number of hydrogen-bond donors (Lipinski definition) is 2. The molecule has 0 unspecified atom stereocenters. The molecule has 2 aromatic carbocycles. The van der Waals surface area contributed by atoms with Crippen LogP contribution < -0.4 is 5.32 Å². The van der Waals surface area contributed by atoms with Crippen LogP contribution >= 0.6 is 0 Å². The highest BCUT2D eigenvalue weighted by Crippen LogP contribution is 2.40.